The van der Waals surface area contributed by atoms with Crippen molar-refractivity contribution < 1.29 is 9.53 Å². The summed E-state index contributed by atoms with van der Waals surface area (Å²) >= 11 is 0. The van der Waals surface area contributed by atoms with Crippen molar-refractivity contribution in [3.8, 4) is 0 Å². The van der Waals surface area contributed by atoms with Crippen LogP contribution in [-0.4, -0.2) is 18.0 Å². The van der Waals surface area contributed by atoms with Crippen molar-refractivity contribution in [1.29, 1.82) is 0 Å². The van der Waals surface area contributed by atoms with Crippen LogP contribution in [-0.2, 0) is 16.0 Å². The molecule has 1 aromatic rings. The van der Waals surface area contributed by atoms with E-state index in [-0.39, 0.29) is 0 Å². The zero-order valence-corrected chi connectivity index (χ0v) is 13.4. The lowest BCUT2D eigenvalue weighted by molar-refractivity contribution is -0.151. The molecule has 2 nitrogen and oxygen atoms in total. The highest BCUT2D eigenvalue weighted by molar-refractivity contribution is 5.87. The van der Waals surface area contributed by atoms with Gasteiger partial charge in [-0.05, 0) is 50.5 Å². The Morgan fingerprint density at radius 2 is 2.10 bits per heavy atom. The van der Waals surface area contributed by atoms with Crippen molar-refractivity contribution in [2.45, 2.75) is 64.4 Å². The lowest BCUT2D eigenvalue weighted by Crippen LogP contribution is -2.45. The van der Waals surface area contributed by atoms with Crippen LogP contribution in [0.1, 0.15) is 57.9 Å². The van der Waals surface area contributed by atoms with Gasteiger partial charge in [-0.3, -0.25) is 4.79 Å². The molecule has 1 aliphatic carbocycles. The summed E-state index contributed by atoms with van der Waals surface area (Å²) in [5.74, 6) is 0.926. The highest BCUT2D eigenvalue weighted by atomic mass is 16.5. The number of hydrogen-bond donors (Lipinski definition) is 0. The summed E-state index contributed by atoms with van der Waals surface area (Å²) in [5.41, 5.74) is 0.830. The van der Waals surface area contributed by atoms with Crippen LogP contribution in [0.4, 0.5) is 0 Å². The number of benzene rings is 1. The van der Waals surface area contributed by atoms with E-state index in [4.69, 9.17) is 4.74 Å². The minimum absolute atomic E-state index is 0.326. The zero-order chi connectivity index (χ0) is 15.1. The molecular formula is C19H28O2. The molecular weight excluding hydrogens is 260 g/mol. The molecule has 2 rings (SSSR count). The number of hydrogen-bond acceptors (Lipinski definition) is 2. The molecule has 0 aliphatic heterocycles. The van der Waals surface area contributed by atoms with E-state index < -0.39 is 5.60 Å². The molecule has 0 bridgehead atoms. The summed E-state index contributed by atoms with van der Waals surface area (Å²) < 4.78 is 5.96. The van der Waals surface area contributed by atoms with Gasteiger partial charge in [-0.15, -0.1) is 0 Å². The number of ketones is 1. The smallest absolute Gasteiger partial charge is 0.164 e. The topological polar surface area (TPSA) is 26.3 Å². The molecule has 0 spiro atoms. The molecule has 0 radical (unpaired) electrons. The van der Waals surface area contributed by atoms with E-state index in [1.165, 1.54) is 12.0 Å². The van der Waals surface area contributed by atoms with Crippen LogP contribution in [0.25, 0.3) is 0 Å². The minimum atomic E-state index is -0.483. The maximum atomic E-state index is 12.7. The number of Topliss-reactive ketones (excluding diaryl/α,β-unsaturated/α-hetero) is 1. The van der Waals surface area contributed by atoms with Crippen LogP contribution in [0.2, 0.25) is 0 Å². The number of ether oxygens (including phenoxy) is 1. The third kappa shape index (κ3) is 4.41. The van der Waals surface area contributed by atoms with Crippen LogP contribution >= 0.6 is 0 Å². The Morgan fingerprint density at radius 3 is 2.76 bits per heavy atom. The molecule has 0 aromatic heterocycles. The molecule has 0 amide bonds. The van der Waals surface area contributed by atoms with E-state index in [9.17, 15) is 4.79 Å². The van der Waals surface area contributed by atoms with Gasteiger partial charge in [0.2, 0.25) is 0 Å². The summed E-state index contributed by atoms with van der Waals surface area (Å²) in [7, 11) is 0. The van der Waals surface area contributed by atoms with Crippen LogP contribution in [0.3, 0.4) is 0 Å². The molecule has 1 aliphatic rings. The van der Waals surface area contributed by atoms with Gasteiger partial charge in [-0.2, -0.15) is 0 Å². The molecule has 0 N–H and O–H groups in total. The van der Waals surface area contributed by atoms with Crippen molar-refractivity contribution in [1.82, 2.24) is 0 Å². The summed E-state index contributed by atoms with van der Waals surface area (Å²) in [5, 5.41) is 0. The first-order valence-corrected chi connectivity index (χ1v) is 8.37. The Kier molecular flexibility index (Phi) is 5.98. The van der Waals surface area contributed by atoms with Gasteiger partial charge in [0.1, 0.15) is 5.60 Å². The molecule has 1 aromatic carbocycles. The number of rotatable bonds is 7. The lowest BCUT2D eigenvalue weighted by Gasteiger charge is -2.38. The fraction of sp³-hybridized carbons (Fsp3) is 0.632. The van der Waals surface area contributed by atoms with E-state index >= 15 is 0 Å². The van der Waals surface area contributed by atoms with Crippen molar-refractivity contribution in [2.24, 2.45) is 5.92 Å². The normalized spacial score (nSPS) is 25.7. The summed E-state index contributed by atoms with van der Waals surface area (Å²) in [6.45, 7) is 4.87. The quantitative estimate of drug-likeness (QED) is 0.735. The van der Waals surface area contributed by atoms with Gasteiger partial charge in [-0.25, -0.2) is 0 Å². The monoisotopic (exact) mass is 288 g/mol. The molecule has 2 heteroatoms. The molecule has 21 heavy (non-hydrogen) atoms. The van der Waals surface area contributed by atoms with Crippen LogP contribution in [0.5, 0.6) is 0 Å². The Bertz CT molecular complexity index is 436. The van der Waals surface area contributed by atoms with E-state index in [1.54, 1.807) is 0 Å². The van der Waals surface area contributed by atoms with Crippen molar-refractivity contribution in [3.05, 3.63) is 35.9 Å². The van der Waals surface area contributed by atoms with E-state index in [1.807, 2.05) is 13.0 Å². The summed E-state index contributed by atoms with van der Waals surface area (Å²) in [6.07, 6.45) is 6.70. The number of aryl methyl sites for hydroxylation is 1. The predicted molar refractivity (Wildman–Crippen MR) is 86.4 cm³/mol. The maximum absolute atomic E-state index is 12.7. The summed E-state index contributed by atoms with van der Waals surface area (Å²) in [4.78, 5) is 12.7. The number of carbonyl (C=O) groups excluding carboxylic acids is 1. The minimum Gasteiger partial charge on any atom is -0.367 e. The van der Waals surface area contributed by atoms with Crippen molar-refractivity contribution in [2.75, 3.05) is 6.61 Å². The molecule has 116 valence electrons. The number of carbonyl (C=O) groups is 1. The first-order chi connectivity index (χ1) is 10.2. The van der Waals surface area contributed by atoms with E-state index in [2.05, 4.69) is 31.2 Å². The van der Waals surface area contributed by atoms with Gasteiger partial charge in [-0.1, -0.05) is 43.7 Å². The van der Waals surface area contributed by atoms with Gasteiger partial charge < -0.3 is 4.74 Å². The first kappa shape index (κ1) is 16.2. The predicted octanol–water partition coefficient (Wildman–Crippen LogP) is 4.56. The SMILES string of the molecule is CCOC1(C(=O)CCCc2ccccc2)CCCC(C)C1. The second kappa shape index (κ2) is 7.74. The van der Waals surface area contributed by atoms with Crippen LogP contribution < -0.4 is 0 Å². The fourth-order valence-corrected chi connectivity index (χ4v) is 3.57. The van der Waals surface area contributed by atoms with Crippen LogP contribution in [0, 0.1) is 5.92 Å². The van der Waals surface area contributed by atoms with E-state index in [0.717, 1.165) is 32.1 Å². The molecule has 0 saturated heterocycles. The first-order valence-electron chi connectivity index (χ1n) is 8.37. The fourth-order valence-electron chi connectivity index (χ4n) is 3.57. The maximum Gasteiger partial charge on any atom is 0.164 e. The van der Waals surface area contributed by atoms with E-state index in [0.29, 0.717) is 24.7 Å². The molecule has 1 fully saturated rings. The molecule has 2 unspecified atom stereocenters. The van der Waals surface area contributed by atoms with Gasteiger partial charge in [0.15, 0.2) is 5.78 Å². The molecule has 1 saturated carbocycles. The van der Waals surface area contributed by atoms with Gasteiger partial charge in [0.25, 0.3) is 0 Å². The zero-order valence-electron chi connectivity index (χ0n) is 13.4. The Hall–Kier alpha value is -1.15. The van der Waals surface area contributed by atoms with Gasteiger partial charge in [0.05, 0.1) is 0 Å². The summed E-state index contributed by atoms with van der Waals surface area (Å²) in [6, 6.07) is 10.4. The average Bonchev–Trinajstić information content (AvgIpc) is 2.48. The van der Waals surface area contributed by atoms with Crippen LogP contribution in [0.15, 0.2) is 30.3 Å². The Balaban J connectivity index is 1.89. The third-order valence-corrected chi connectivity index (χ3v) is 4.60. The Labute approximate surface area is 128 Å². The molecule has 2 atom stereocenters. The Morgan fingerprint density at radius 1 is 1.33 bits per heavy atom. The third-order valence-electron chi connectivity index (χ3n) is 4.60. The highest BCUT2D eigenvalue weighted by Crippen LogP contribution is 2.37. The largest absolute Gasteiger partial charge is 0.367 e. The molecule has 0 heterocycles. The lowest BCUT2D eigenvalue weighted by atomic mass is 9.75. The standard InChI is InChI=1S/C19H28O2/c1-3-21-19(14-8-9-16(2)15-19)18(20)13-7-12-17-10-5-4-6-11-17/h4-6,10-11,16H,3,7-9,12-15H2,1-2H3. The second-order valence-corrected chi connectivity index (χ2v) is 6.39. The van der Waals surface area contributed by atoms with Crippen molar-refractivity contribution in [3.63, 3.8) is 0 Å². The van der Waals surface area contributed by atoms with Crippen molar-refractivity contribution >= 4 is 5.78 Å². The highest BCUT2D eigenvalue weighted by Gasteiger charge is 2.41. The van der Waals surface area contributed by atoms with Gasteiger partial charge >= 0.3 is 0 Å². The average molecular weight is 288 g/mol. The van der Waals surface area contributed by atoms with Gasteiger partial charge in [0, 0.05) is 13.0 Å². The second-order valence-electron chi connectivity index (χ2n) is 6.39.